The van der Waals surface area contributed by atoms with Gasteiger partial charge in [-0.3, -0.25) is 0 Å². The van der Waals surface area contributed by atoms with Crippen molar-refractivity contribution in [3.05, 3.63) is 0 Å². The van der Waals surface area contributed by atoms with E-state index in [0.717, 1.165) is 5.71 Å². The second-order valence-electron chi connectivity index (χ2n) is 2.40. The van der Waals surface area contributed by atoms with E-state index < -0.39 is 0 Å². The van der Waals surface area contributed by atoms with Crippen LogP contribution in [0.15, 0.2) is 10.2 Å². The Morgan fingerprint density at radius 2 is 2.44 bits per heavy atom. The summed E-state index contributed by atoms with van der Waals surface area (Å²) in [7, 11) is 0. The fourth-order valence-corrected chi connectivity index (χ4v) is 0.981. The zero-order chi connectivity index (χ0) is 6.69. The molecular formula is C7H12N2. The van der Waals surface area contributed by atoms with E-state index in [1.54, 1.807) is 0 Å². The maximum atomic E-state index is 3.92. The van der Waals surface area contributed by atoms with Crippen molar-refractivity contribution in [1.82, 2.24) is 0 Å². The van der Waals surface area contributed by atoms with Gasteiger partial charge in [-0.05, 0) is 13.3 Å². The lowest BCUT2D eigenvalue weighted by molar-refractivity contribution is 0.764. The first-order chi connectivity index (χ1) is 4.34. The van der Waals surface area contributed by atoms with E-state index in [2.05, 4.69) is 17.1 Å². The normalized spacial score (nSPS) is 24.7. The highest BCUT2D eigenvalue weighted by Crippen LogP contribution is 2.10. The molecule has 0 aromatic rings. The first-order valence-corrected chi connectivity index (χ1v) is 3.42. The zero-order valence-electron chi connectivity index (χ0n) is 5.96. The Balaban J connectivity index is 2.43. The van der Waals surface area contributed by atoms with Crippen LogP contribution in [0.25, 0.3) is 0 Å². The van der Waals surface area contributed by atoms with Gasteiger partial charge in [0.15, 0.2) is 0 Å². The largest absolute Gasteiger partial charge is 0.163 e. The predicted octanol–water partition coefficient (Wildman–Crippen LogP) is 1.86. The molecule has 9 heavy (non-hydrogen) atoms. The molecule has 1 heterocycles. The molecule has 0 bridgehead atoms. The third kappa shape index (κ3) is 1.37. The molecule has 1 rings (SSSR count). The van der Waals surface area contributed by atoms with Crippen LogP contribution in [0, 0.1) is 5.92 Å². The minimum Gasteiger partial charge on any atom is -0.163 e. The van der Waals surface area contributed by atoms with Crippen LogP contribution in [0.2, 0.25) is 0 Å². The third-order valence-electron chi connectivity index (χ3n) is 1.60. The van der Waals surface area contributed by atoms with Crippen molar-refractivity contribution in [2.24, 2.45) is 16.1 Å². The van der Waals surface area contributed by atoms with E-state index in [4.69, 9.17) is 0 Å². The van der Waals surface area contributed by atoms with Crippen LogP contribution in [0.1, 0.15) is 26.7 Å². The van der Waals surface area contributed by atoms with Gasteiger partial charge in [0.05, 0.1) is 0 Å². The van der Waals surface area contributed by atoms with Gasteiger partial charge in [-0.15, -0.1) is 0 Å². The summed E-state index contributed by atoms with van der Waals surface area (Å²) in [4.78, 5) is 0. The van der Waals surface area contributed by atoms with Crippen LogP contribution in [-0.2, 0) is 0 Å². The van der Waals surface area contributed by atoms with E-state index in [9.17, 15) is 0 Å². The molecule has 0 aliphatic carbocycles. The molecule has 50 valence electrons. The molecule has 1 aliphatic rings. The first kappa shape index (κ1) is 6.46. The Morgan fingerprint density at radius 1 is 1.67 bits per heavy atom. The summed E-state index contributed by atoms with van der Waals surface area (Å²) in [6.45, 7) is 4.22. The van der Waals surface area contributed by atoms with Gasteiger partial charge in [0.25, 0.3) is 0 Å². The second-order valence-corrected chi connectivity index (χ2v) is 2.40. The van der Waals surface area contributed by atoms with Crippen molar-refractivity contribution < 1.29 is 0 Å². The maximum absolute atomic E-state index is 3.92. The van der Waals surface area contributed by atoms with E-state index in [-0.39, 0.29) is 0 Å². The third-order valence-corrected chi connectivity index (χ3v) is 1.60. The summed E-state index contributed by atoms with van der Waals surface area (Å²) in [5.41, 5.74) is 1.16. The summed E-state index contributed by atoms with van der Waals surface area (Å²) < 4.78 is 0. The van der Waals surface area contributed by atoms with Gasteiger partial charge in [0.1, 0.15) is 0 Å². The van der Waals surface area contributed by atoms with Crippen molar-refractivity contribution in [1.29, 1.82) is 0 Å². The van der Waals surface area contributed by atoms with Gasteiger partial charge in [-0.2, -0.15) is 10.2 Å². The molecular weight excluding hydrogens is 112 g/mol. The molecule has 2 nitrogen and oxygen atoms in total. The van der Waals surface area contributed by atoms with Crippen LogP contribution in [0.3, 0.4) is 0 Å². The fraction of sp³-hybridized carbons (Fsp3) is 0.714. The Hall–Kier alpha value is -0.660. The molecule has 0 amide bonds. The lowest BCUT2D eigenvalue weighted by atomic mass is 10.0. The number of nitrogens with zero attached hydrogens (tertiary/aromatic N) is 2. The van der Waals surface area contributed by atoms with Crippen molar-refractivity contribution in [3.63, 3.8) is 0 Å². The van der Waals surface area contributed by atoms with Crippen LogP contribution < -0.4 is 0 Å². The smallest absolute Gasteiger partial charge is 0.0459 e. The Labute approximate surface area is 55.7 Å². The molecule has 0 N–H and O–H groups in total. The van der Waals surface area contributed by atoms with Crippen molar-refractivity contribution in [3.8, 4) is 0 Å². The Bertz CT molecular complexity index is 147. The molecule has 0 radical (unpaired) electrons. The standard InChI is InChI=1S/C7H12N2/c1-3-4-7-5-8-9-6(7)2/h5,7H,3-4H2,1-2H3. The van der Waals surface area contributed by atoms with Gasteiger partial charge in [0, 0.05) is 17.8 Å². The highest BCUT2D eigenvalue weighted by atomic mass is 15.2. The van der Waals surface area contributed by atoms with E-state index >= 15 is 0 Å². The van der Waals surface area contributed by atoms with Gasteiger partial charge in [-0.25, -0.2) is 0 Å². The molecule has 1 unspecified atom stereocenters. The van der Waals surface area contributed by atoms with Gasteiger partial charge in [-0.1, -0.05) is 13.3 Å². The highest BCUT2D eigenvalue weighted by Gasteiger charge is 2.11. The summed E-state index contributed by atoms with van der Waals surface area (Å²) in [5.74, 6) is 0.537. The average molecular weight is 124 g/mol. The zero-order valence-corrected chi connectivity index (χ0v) is 5.96. The molecule has 0 fully saturated rings. The van der Waals surface area contributed by atoms with Gasteiger partial charge in [0.2, 0.25) is 0 Å². The topological polar surface area (TPSA) is 24.7 Å². The van der Waals surface area contributed by atoms with Crippen molar-refractivity contribution >= 4 is 11.9 Å². The van der Waals surface area contributed by atoms with Crippen molar-refractivity contribution in [2.75, 3.05) is 0 Å². The molecule has 2 heteroatoms. The molecule has 0 aromatic carbocycles. The Kier molecular flexibility index (Phi) is 1.98. The number of rotatable bonds is 2. The average Bonchev–Trinajstić information content (AvgIpc) is 2.18. The minimum absolute atomic E-state index is 0.537. The highest BCUT2D eigenvalue weighted by molar-refractivity contribution is 5.99. The molecule has 1 aliphatic heterocycles. The van der Waals surface area contributed by atoms with E-state index in [1.807, 2.05) is 13.1 Å². The van der Waals surface area contributed by atoms with Crippen LogP contribution in [0.5, 0.6) is 0 Å². The lowest BCUT2D eigenvalue weighted by Gasteiger charge is -2.01. The van der Waals surface area contributed by atoms with Crippen LogP contribution >= 0.6 is 0 Å². The van der Waals surface area contributed by atoms with Crippen LogP contribution in [0.4, 0.5) is 0 Å². The quantitative estimate of drug-likeness (QED) is 0.537. The molecule has 0 aromatic heterocycles. The summed E-state index contributed by atoms with van der Waals surface area (Å²) in [6.07, 6.45) is 4.33. The summed E-state index contributed by atoms with van der Waals surface area (Å²) in [5, 5.41) is 7.75. The SMILES string of the molecule is CCCC1C=NN=C1C. The second kappa shape index (κ2) is 2.76. The molecule has 0 saturated carbocycles. The molecule has 0 saturated heterocycles. The van der Waals surface area contributed by atoms with Gasteiger partial charge < -0.3 is 0 Å². The van der Waals surface area contributed by atoms with E-state index in [0.29, 0.717) is 5.92 Å². The molecule has 0 spiro atoms. The van der Waals surface area contributed by atoms with Crippen LogP contribution in [-0.4, -0.2) is 11.9 Å². The summed E-state index contributed by atoms with van der Waals surface area (Å²) >= 11 is 0. The maximum Gasteiger partial charge on any atom is 0.0459 e. The predicted molar refractivity (Wildman–Crippen MR) is 40.0 cm³/mol. The monoisotopic (exact) mass is 124 g/mol. The van der Waals surface area contributed by atoms with Gasteiger partial charge >= 0.3 is 0 Å². The van der Waals surface area contributed by atoms with E-state index in [1.165, 1.54) is 12.8 Å². The molecule has 1 atom stereocenters. The first-order valence-electron chi connectivity index (χ1n) is 3.42. The summed E-state index contributed by atoms with van der Waals surface area (Å²) in [6, 6.07) is 0. The number of hydrogen-bond donors (Lipinski definition) is 0. The minimum atomic E-state index is 0.537. The number of hydrogen-bond acceptors (Lipinski definition) is 2. The van der Waals surface area contributed by atoms with Crippen molar-refractivity contribution in [2.45, 2.75) is 26.7 Å². The lowest BCUT2D eigenvalue weighted by Crippen LogP contribution is -2.07. The Morgan fingerprint density at radius 3 is 2.89 bits per heavy atom. The fourth-order valence-electron chi connectivity index (χ4n) is 0.981.